The highest BCUT2D eigenvalue weighted by Gasteiger charge is 2.26. The maximum atomic E-state index is 11.6. The first kappa shape index (κ1) is 24.5. The molecule has 1 amide bonds. The lowest BCUT2D eigenvalue weighted by molar-refractivity contribution is 0.152. The molecule has 0 N–H and O–H groups in total. The molecular weight excluding hydrogens is 424 g/mol. The van der Waals surface area contributed by atoms with E-state index >= 15 is 0 Å². The number of ether oxygens (including phenoxy) is 1. The number of amides is 1. The number of rotatable bonds is 5. The van der Waals surface area contributed by atoms with Gasteiger partial charge in [0, 0.05) is 44.8 Å². The van der Waals surface area contributed by atoms with E-state index in [1.165, 1.54) is 16.7 Å². The zero-order valence-corrected chi connectivity index (χ0v) is 21.7. The molecule has 0 atom stereocenters. The first-order valence-electron chi connectivity index (χ1n) is 12.5. The molecule has 1 aromatic carbocycles. The van der Waals surface area contributed by atoms with Gasteiger partial charge < -0.3 is 14.5 Å². The van der Waals surface area contributed by atoms with Crippen molar-refractivity contribution in [3.63, 3.8) is 0 Å². The molecule has 2 aliphatic heterocycles. The molecule has 0 unspecified atom stereocenters. The van der Waals surface area contributed by atoms with Gasteiger partial charge in [0.2, 0.25) is 0 Å². The molecule has 3 heterocycles. The fourth-order valence-electron chi connectivity index (χ4n) is 4.83. The molecule has 6 nitrogen and oxygen atoms in total. The summed E-state index contributed by atoms with van der Waals surface area (Å²) in [5.41, 5.74) is 5.16. The van der Waals surface area contributed by atoms with Gasteiger partial charge in [-0.3, -0.25) is 4.90 Å². The highest BCUT2D eigenvalue weighted by Crippen LogP contribution is 2.36. The first-order valence-corrected chi connectivity index (χ1v) is 12.5. The molecule has 0 spiro atoms. The van der Waals surface area contributed by atoms with Crippen molar-refractivity contribution in [2.45, 2.75) is 52.4 Å². The molecule has 2 aromatic rings. The SMILES string of the molecule is CC(C)(C)c1ccc(-c2cccc(N3CCN(CCN4CCOC4=O)CC3)n2)cc1C(C)(C)C. The standard InChI is InChI=1S/C28H40N4O2/c1-27(2,3)22-11-10-21(20-23(22)28(4,5)6)24-8-7-9-25(29-24)31-15-12-30(13-16-31)14-17-32-18-19-34-26(32)33/h7-11,20H,12-19H2,1-6H3. The third-order valence-electron chi connectivity index (χ3n) is 6.89. The van der Waals surface area contributed by atoms with E-state index in [2.05, 4.69) is 87.7 Å². The molecule has 2 saturated heterocycles. The fraction of sp³-hybridized carbons (Fsp3) is 0.571. The Bertz CT molecular complexity index is 1010. The van der Waals surface area contributed by atoms with Crippen LogP contribution in [0.5, 0.6) is 0 Å². The summed E-state index contributed by atoms with van der Waals surface area (Å²) in [5, 5.41) is 0. The number of cyclic esters (lactones) is 1. The smallest absolute Gasteiger partial charge is 0.409 e. The van der Waals surface area contributed by atoms with Crippen molar-refractivity contribution < 1.29 is 9.53 Å². The van der Waals surface area contributed by atoms with Crippen molar-refractivity contribution in [3.8, 4) is 11.3 Å². The lowest BCUT2D eigenvalue weighted by Crippen LogP contribution is -2.48. The predicted octanol–water partition coefficient (Wildman–Crippen LogP) is 4.92. The molecular formula is C28H40N4O2. The summed E-state index contributed by atoms with van der Waals surface area (Å²) in [6.07, 6.45) is -0.176. The number of hydrogen-bond acceptors (Lipinski definition) is 5. The number of pyridine rings is 1. The average Bonchev–Trinajstić information content (AvgIpc) is 3.21. The molecule has 6 heteroatoms. The molecule has 0 bridgehead atoms. The largest absolute Gasteiger partial charge is 0.448 e. The second-order valence-corrected chi connectivity index (χ2v) is 11.6. The van der Waals surface area contributed by atoms with E-state index in [0.717, 1.165) is 50.8 Å². The monoisotopic (exact) mass is 464 g/mol. The van der Waals surface area contributed by atoms with Crippen LogP contribution in [0.1, 0.15) is 52.7 Å². The van der Waals surface area contributed by atoms with Crippen LogP contribution in [0.2, 0.25) is 0 Å². The van der Waals surface area contributed by atoms with Gasteiger partial charge in [-0.25, -0.2) is 9.78 Å². The highest BCUT2D eigenvalue weighted by molar-refractivity contribution is 5.69. The Labute approximate surface area is 204 Å². The van der Waals surface area contributed by atoms with Crippen molar-refractivity contribution in [3.05, 3.63) is 47.5 Å². The average molecular weight is 465 g/mol. The van der Waals surface area contributed by atoms with E-state index in [1.807, 2.05) is 0 Å². The van der Waals surface area contributed by atoms with Crippen LogP contribution in [0.4, 0.5) is 10.6 Å². The lowest BCUT2D eigenvalue weighted by Gasteiger charge is -2.36. The quantitative estimate of drug-likeness (QED) is 0.629. The van der Waals surface area contributed by atoms with Gasteiger partial charge in [-0.05, 0) is 40.2 Å². The van der Waals surface area contributed by atoms with Crippen molar-refractivity contribution in [2.75, 3.05) is 57.3 Å². The Morgan fingerprint density at radius 3 is 2.18 bits per heavy atom. The second kappa shape index (κ2) is 9.57. The van der Waals surface area contributed by atoms with Crippen molar-refractivity contribution in [1.82, 2.24) is 14.8 Å². The second-order valence-electron chi connectivity index (χ2n) is 11.6. The Hall–Kier alpha value is -2.60. The summed E-state index contributed by atoms with van der Waals surface area (Å²) in [4.78, 5) is 23.3. The third kappa shape index (κ3) is 5.54. The Morgan fingerprint density at radius 2 is 1.56 bits per heavy atom. The number of piperazine rings is 1. The van der Waals surface area contributed by atoms with Gasteiger partial charge in [0.1, 0.15) is 12.4 Å². The van der Waals surface area contributed by atoms with Gasteiger partial charge >= 0.3 is 6.09 Å². The molecule has 184 valence electrons. The highest BCUT2D eigenvalue weighted by atomic mass is 16.6. The van der Waals surface area contributed by atoms with Gasteiger partial charge in [-0.15, -0.1) is 0 Å². The number of carbonyl (C=O) groups is 1. The minimum absolute atomic E-state index is 0.0678. The number of nitrogens with zero attached hydrogens (tertiary/aromatic N) is 4. The number of carbonyl (C=O) groups excluding carboxylic acids is 1. The Balaban J connectivity index is 1.45. The van der Waals surface area contributed by atoms with Crippen LogP contribution in [0.25, 0.3) is 11.3 Å². The normalized spacial score (nSPS) is 17.9. The van der Waals surface area contributed by atoms with Crippen LogP contribution in [0.3, 0.4) is 0 Å². The Kier molecular flexibility index (Phi) is 6.90. The van der Waals surface area contributed by atoms with Crippen molar-refractivity contribution in [2.24, 2.45) is 0 Å². The molecule has 0 aliphatic carbocycles. The molecule has 1 aromatic heterocycles. The number of aromatic nitrogens is 1. The van der Waals surface area contributed by atoms with Crippen LogP contribution in [0.15, 0.2) is 36.4 Å². The van der Waals surface area contributed by atoms with Crippen molar-refractivity contribution in [1.29, 1.82) is 0 Å². The van der Waals surface area contributed by atoms with Crippen molar-refractivity contribution >= 4 is 11.9 Å². The van der Waals surface area contributed by atoms with E-state index in [-0.39, 0.29) is 16.9 Å². The topological polar surface area (TPSA) is 48.9 Å². The minimum atomic E-state index is -0.176. The summed E-state index contributed by atoms with van der Waals surface area (Å²) >= 11 is 0. The van der Waals surface area contributed by atoms with Crippen LogP contribution in [0, 0.1) is 0 Å². The number of anilines is 1. The van der Waals surface area contributed by atoms with Gasteiger partial charge in [-0.1, -0.05) is 59.7 Å². The molecule has 4 rings (SSSR count). The lowest BCUT2D eigenvalue weighted by atomic mass is 9.74. The number of benzene rings is 1. The predicted molar refractivity (Wildman–Crippen MR) is 139 cm³/mol. The summed E-state index contributed by atoms with van der Waals surface area (Å²) in [5.74, 6) is 1.04. The maximum Gasteiger partial charge on any atom is 0.409 e. The van der Waals surface area contributed by atoms with Crippen LogP contribution in [-0.4, -0.2) is 73.3 Å². The van der Waals surface area contributed by atoms with Gasteiger partial charge in [0.15, 0.2) is 0 Å². The van der Waals surface area contributed by atoms with E-state index in [1.54, 1.807) is 4.90 Å². The van der Waals surface area contributed by atoms with E-state index in [0.29, 0.717) is 13.2 Å². The third-order valence-corrected chi connectivity index (χ3v) is 6.89. The zero-order valence-electron chi connectivity index (χ0n) is 21.7. The fourth-order valence-corrected chi connectivity index (χ4v) is 4.83. The van der Waals surface area contributed by atoms with Gasteiger partial charge in [0.05, 0.1) is 12.2 Å². The summed E-state index contributed by atoms with van der Waals surface area (Å²) in [7, 11) is 0. The molecule has 2 fully saturated rings. The zero-order chi connectivity index (χ0) is 24.5. The molecule has 2 aliphatic rings. The van der Waals surface area contributed by atoms with Crippen LogP contribution >= 0.6 is 0 Å². The summed E-state index contributed by atoms with van der Waals surface area (Å²) in [6, 6.07) is 13.2. The Morgan fingerprint density at radius 1 is 0.853 bits per heavy atom. The molecule has 0 radical (unpaired) electrons. The molecule has 0 saturated carbocycles. The van der Waals surface area contributed by atoms with Crippen LogP contribution in [-0.2, 0) is 15.6 Å². The van der Waals surface area contributed by atoms with Gasteiger partial charge in [-0.2, -0.15) is 0 Å². The van der Waals surface area contributed by atoms with E-state index < -0.39 is 0 Å². The molecule has 34 heavy (non-hydrogen) atoms. The minimum Gasteiger partial charge on any atom is -0.448 e. The summed E-state index contributed by atoms with van der Waals surface area (Å²) in [6.45, 7) is 20.4. The maximum absolute atomic E-state index is 11.6. The van der Waals surface area contributed by atoms with E-state index in [4.69, 9.17) is 9.72 Å². The first-order chi connectivity index (χ1) is 16.0. The van der Waals surface area contributed by atoms with Crippen LogP contribution < -0.4 is 4.90 Å². The van der Waals surface area contributed by atoms with Gasteiger partial charge in [0.25, 0.3) is 0 Å². The number of hydrogen-bond donors (Lipinski definition) is 0. The van der Waals surface area contributed by atoms with E-state index in [9.17, 15) is 4.79 Å². The summed E-state index contributed by atoms with van der Waals surface area (Å²) < 4.78 is 5.03.